The number of nitrogens with zero attached hydrogens (tertiary/aromatic N) is 2. The highest BCUT2D eigenvalue weighted by atomic mass is 16.3. The zero-order chi connectivity index (χ0) is 32.8. The van der Waals surface area contributed by atoms with Crippen LogP contribution in [0.2, 0.25) is 0 Å². The van der Waals surface area contributed by atoms with Gasteiger partial charge in [0.1, 0.15) is 27.8 Å². The lowest BCUT2D eigenvalue weighted by molar-refractivity contribution is 0.623. The molecule has 0 aliphatic heterocycles. The molecule has 234 valence electrons. The summed E-state index contributed by atoms with van der Waals surface area (Å²) in [4.78, 5) is 7.18. The molecule has 5 heteroatoms. The molecule has 50 heavy (non-hydrogen) atoms. The van der Waals surface area contributed by atoms with Crippen LogP contribution in [0.25, 0.3) is 88.0 Å². The summed E-state index contributed by atoms with van der Waals surface area (Å²) < 4.78 is 19.3. The number of benzene rings is 8. The second-order valence-electron chi connectivity index (χ2n) is 12.7. The Kier molecular flexibility index (Phi) is 5.60. The van der Waals surface area contributed by atoms with E-state index >= 15 is 0 Å². The third-order valence-corrected chi connectivity index (χ3v) is 9.87. The number of aromatic nitrogens is 1. The fraction of sp³-hybridized carbons (Fsp3) is 0. The molecule has 0 bridgehead atoms. The molecule has 11 aromatic rings. The lowest BCUT2D eigenvalue weighted by Crippen LogP contribution is -2.10. The van der Waals surface area contributed by atoms with Gasteiger partial charge in [0.15, 0.2) is 5.58 Å². The van der Waals surface area contributed by atoms with Gasteiger partial charge in [-0.25, -0.2) is 4.98 Å². The number of hydrogen-bond donors (Lipinski definition) is 0. The molecule has 3 heterocycles. The van der Waals surface area contributed by atoms with Crippen molar-refractivity contribution < 1.29 is 13.3 Å². The Morgan fingerprint density at radius 1 is 0.420 bits per heavy atom. The van der Waals surface area contributed by atoms with Crippen LogP contribution in [-0.4, -0.2) is 4.98 Å². The molecule has 0 saturated carbocycles. The van der Waals surface area contributed by atoms with Crippen LogP contribution in [-0.2, 0) is 0 Å². The summed E-state index contributed by atoms with van der Waals surface area (Å²) in [5.41, 5.74) is 8.95. The molecule has 0 spiro atoms. The normalized spacial score (nSPS) is 12.0. The van der Waals surface area contributed by atoms with E-state index in [0.29, 0.717) is 5.89 Å². The maximum atomic E-state index is 6.55. The first kappa shape index (κ1) is 27.1. The van der Waals surface area contributed by atoms with Crippen molar-refractivity contribution in [2.45, 2.75) is 0 Å². The van der Waals surface area contributed by atoms with Crippen LogP contribution in [0.3, 0.4) is 0 Å². The summed E-state index contributed by atoms with van der Waals surface area (Å²) in [5.74, 6) is 0.612. The average molecular weight is 643 g/mol. The molecule has 0 fully saturated rings. The van der Waals surface area contributed by atoms with Crippen molar-refractivity contribution in [2.75, 3.05) is 4.90 Å². The summed E-state index contributed by atoms with van der Waals surface area (Å²) in [5, 5.41) is 8.68. The Morgan fingerprint density at radius 3 is 1.70 bits per heavy atom. The number of anilines is 3. The molecule has 3 aromatic heterocycles. The smallest absolute Gasteiger partial charge is 0.227 e. The van der Waals surface area contributed by atoms with E-state index in [-0.39, 0.29) is 0 Å². The van der Waals surface area contributed by atoms with Crippen LogP contribution in [0.15, 0.2) is 171 Å². The number of rotatable bonds is 4. The van der Waals surface area contributed by atoms with Gasteiger partial charge in [-0.05, 0) is 71.4 Å². The molecule has 0 N–H and O–H groups in total. The maximum Gasteiger partial charge on any atom is 0.227 e. The van der Waals surface area contributed by atoms with Gasteiger partial charge in [0.25, 0.3) is 0 Å². The Balaban J connectivity index is 1.18. The zero-order valence-corrected chi connectivity index (χ0v) is 26.6. The third kappa shape index (κ3) is 3.98. The fourth-order valence-corrected chi connectivity index (χ4v) is 7.58. The lowest BCUT2D eigenvalue weighted by Gasteiger charge is -2.27. The molecule has 0 radical (unpaired) electrons. The second-order valence-corrected chi connectivity index (χ2v) is 12.7. The first-order valence-electron chi connectivity index (χ1n) is 16.7. The highest BCUT2D eigenvalue weighted by Gasteiger charge is 2.21. The largest absolute Gasteiger partial charge is 0.456 e. The third-order valence-electron chi connectivity index (χ3n) is 9.87. The minimum Gasteiger partial charge on any atom is -0.456 e. The molecule has 0 aliphatic rings. The van der Waals surface area contributed by atoms with Gasteiger partial charge >= 0.3 is 0 Å². The summed E-state index contributed by atoms with van der Waals surface area (Å²) in [6.45, 7) is 0. The standard InChI is InChI=1S/C45H26N2O3/c1-2-9-28(10-3-1)45-46-37-24-18-27-17-21-31-36(43(27)44(37)50-45)13-8-14-38(31)47(29-19-22-34-32-11-4-6-15-39(32)48-41(34)25-29)30-20-23-35-33-12-5-7-16-40(33)49-42(35)26-30/h1-26H. The SMILES string of the molecule is c1ccc(-c2nc3ccc4ccc5c(N(c6ccc7c(c6)oc6ccccc67)c6ccc7c(c6)oc6ccccc67)cccc5c4c3o2)cc1. The van der Waals surface area contributed by atoms with Crippen molar-refractivity contribution in [3.63, 3.8) is 0 Å². The van der Waals surface area contributed by atoms with Crippen molar-refractivity contribution >= 4 is 93.6 Å². The highest BCUT2D eigenvalue weighted by Crippen LogP contribution is 2.45. The van der Waals surface area contributed by atoms with E-state index in [4.69, 9.17) is 18.2 Å². The molecule has 0 aliphatic carbocycles. The number of para-hydroxylation sites is 2. The Labute approximate surface area is 285 Å². The van der Waals surface area contributed by atoms with E-state index in [1.54, 1.807) is 0 Å². The van der Waals surface area contributed by atoms with E-state index < -0.39 is 0 Å². The van der Waals surface area contributed by atoms with E-state index in [1.807, 2.05) is 60.7 Å². The van der Waals surface area contributed by atoms with Crippen LogP contribution < -0.4 is 4.90 Å². The van der Waals surface area contributed by atoms with Crippen LogP contribution >= 0.6 is 0 Å². The molecule has 0 saturated heterocycles. The molecule has 0 amide bonds. The van der Waals surface area contributed by atoms with Gasteiger partial charge in [-0.15, -0.1) is 0 Å². The summed E-state index contributed by atoms with van der Waals surface area (Å²) in [6.07, 6.45) is 0. The van der Waals surface area contributed by atoms with Gasteiger partial charge in [0.2, 0.25) is 5.89 Å². The first-order chi connectivity index (χ1) is 24.8. The van der Waals surface area contributed by atoms with Gasteiger partial charge in [0, 0.05) is 61.4 Å². The van der Waals surface area contributed by atoms with E-state index in [2.05, 4.69) is 102 Å². The number of fused-ring (bicyclic) bond motifs is 11. The minimum atomic E-state index is 0.612. The van der Waals surface area contributed by atoms with Crippen molar-refractivity contribution in [1.29, 1.82) is 0 Å². The summed E-state index contributed by atoms with van der Waals surface area (Å²) in [7, 11) is 0. The topological polar surface area (TPSA) is 55.6 Å². The number of oxazole rings is 1. The Bertz CT molecular complexity index is 3000. The first-order valence-corrected chi connectivity index (χ1v) is 16.7. The van der Waals surface area contributed by atoms with Gasteiger partial charge in [-0.3, -0.25) is 0 Å². The fourth-order valence-electron chi connectivity index (χ4n) is 7.58. The molecule has 0 atom stereocenters. The number of hydrogen-bond acceptors (Lipinski definition) is 5. The quantitative estimate of drug-likeness (QED) is 0.179. The molecule has 8 aromatic carbocycles. The van der Waals surface area contributed by atoms with E-state index in [9.17, 15) is 0 Å². The number of furan rings is 2. The average Bonchev–Trinajstić information content (AvgIpc) is 3.88. The molecular formula is C45H26N2O3. The second kappa shape index (κ2) is 10.3. The van der Waals surface area contributed by atoms with Gasteiger partial charge in [-0.2, -0.15) is 0 Å². The predicted molar refractivity (Wildman–Crippen MR) is 204 cm³/mol. The van der Waals surface area contributed by atoms with Crippen LogP contribution in [0, 0.1) is 0 Å². The molecule has 11 rings (SSSR count). The minimum absolute atomic E-state index is 0.612. The summed E-state index contributed by atoms with van der Waals surface area (Å²) in [6, 6.07) is 54.4. The molecule has 5 nitrogen and oxygen atoms in total. The monoisotopic (exact) mass is 642 g/mol. The molecular weight excluding hydrogens is 617 g/mol. The van der Waals surface area contributed by atoms with Gasteiger partial charge in [-0.1, -0.05) is 84.9 Å². The van der Waals surface area contributed by atoms with Crippen LogP contribution in [0.4, 0.5) is 17.1 Å². The predicted octanol–water partition coefficient (Wildman–Crippen LogP) is 13.1. The zero-order valence-electron chi connectivity index (χ0n) is 26.6. The van der Waals surface area contributed by atoms with Crippen LogP contribution in [0.5, 0.6) is 0 Å². The molecule has 0 unspecified atom stereocenters. The van der Waals surface area contributed by atoms with Crippen molar-refractivity contribution in [3.05, 3.63) is 158 Å². The van der Waals surface area contributed by atoms with E-state index in [0.717, 1.165) is 99.1 Å². The Hall–Kier alpha value is -6.85. The summed E-state index contributed by atoms with van der Waals surface area (Å²) >= 11 is 0. The Morgan fingerprint density at radius 2 is 1.00 bits per heavy atom. The van der Waals surface area contributed by atoms with Crippen molar-refractivity contribution in [2.24, 2.45) is 0 Å². The van der Waals surface area contributed by atoms with Crippen molar-refractivity contribution in [1.82, 2.24) is 4.98 Å². The highest BCUT2D eigenvalue weighted by molar-refractivity contribution is 6.21. The van der Waals surface area contributed by atoms with Crippen molar-refractivity contribution in [3.8, 4) is 11.5 Å². The van der Waals surface area contributed by atoms with Crippen LogP contribution in [0.1, 0.15) is 0 Å². The van der Waals surface area contributed by atoms with E-state index in [1.165, 1.54) is 0 Å². The van der Waals surface area contributed by atoms with Gasteiger partial charge in [0.05, 0.1) is 5.69 Å². The lowest BCUT2D eigenvalue weighted by atomic mass is 9.99. The maximum absolute atomic E-state index is 6.55. The van der Waals surface area contributed by atoms with Gasteiger partial charge < -0.3 is 18.2 Å².